The van der Waals surface area contributed by atoms with Gasteiger partial charge in [-0.3, -0.25) is 14.5 Å². The summed E-state index contributed by atoms with van der Waals surface area (Å²) in [7, 11) is -2.28. The van der Waals surface area contributed by atoms with Crippen LogP contribution in [-0.4, -0.2) is 33.8 Å². The number of benzene rings is 1. The number of fused-ring (bicyclic) bond motifs is 1. The minimum absolute atomic E-state index is 0.0609. The summed E-state index contributed by atoms with van der Waals surface area (Å²) in [4.78, 5) is 24.2. The van der Waals surface area contributed by atoms with Gasteiger partial charge in [0.2, 0.25) is 0 Å². The molecular formula is C19H14ClFN6O3S. The number of nitrogens with zero attached hydrogens (tertiary/aromatic N) is 4. The number of rotatable bonds is 5. The third-order valence-corrected chi connectivity index (χ3v) is 6.16. The van der Waals surface area contributed by atoms with Crippen LogP contribution in [0.1, 0.15) is 10.5 Å². The van der Waals surface area contributed by atoms with Gasteiger partial charge in [0.25, 0.3) is 15.9 Å². The number of anilines is 2. The largest absolute Gasteiger partial charge is 0.340 e. The van der Waals surface area contributed by atoms with Crippen LogP contribution in [0.2, 0.25) is 5.02 Å². The van der Waals surface area contributed by atoms with Gasteiger partial charge in [0.05, 0.1) is 16.7 Å². The molecule has 0 radical (unpaired) electrons. The minimum atomic E-state index is -3.93. The molecule has 0 aliphatic heterocycles. The quantitative estimate of drug-likeness (QED) is 0.472. The van der Waals surface area contributed by atoms with Gasteiger partial charge in [-0.25, -0.2) is 22.8 Å². The second-order valence-corrected chi connectivity index (χ2v) is 8.47. The lowest BCUT2D eigenvalue weighted by Gasteiger charge is -2.08. The second-order valence-electron chi connectivity index (χ2n) is 6.41. The van der Waals surface area contributed by atoms with Gasteiger partial charge in [-0.05, 0) is 30.3 Å². The lowest BCUT2D eigenvalue weighted by atomic mass is 10.2. The Morgan fingerprint density at radius 2 is 1.90 bits per heavy atom. The number of nitrogens with one attached hydrogen (secondary N) is 2. The number of carbonyl (C=O) groups excluding carboxylic acids is 1. The molecule has 9 nitrogen and oxygen atoms in total. The lowest BCUT2D eigenvalue weighted by molar-refractivity contribution is 0.101. The Morgan fingerprint density at radius 3 is 2.58 bits per heavy atom. The van der Waals surface area contributed by atoms with E-state index in [2.05, 4.69) is 25.0 Å². The molecule has 0 unspecified atom stereocenters. The SMILES string of the molecule is Cn1c(C(=O)Nc2ccc(S(=O)(=O)Nc3cnccn3)cn2)cc2c(Cl)c(F)ccc21. The van der Waals surface area contributed by atoms with Gasteiger partial charge in [-0.15, -0.1) is 0 Å². The Morgan fingerprint density at radius 1 is 1.10 bits per heavy atom. The molecule has 4 aromatic rings. The minimum Gasteiger partial charge on any atom is -0.340 e. The fourth-order valence-corrected chi connectivity index (χ4v) is 4.06. The number of pyridine rings is 1. The maximum absolute atomic E-state index is 13.7. The first-order valence-electron chi connectivity index (χ1n) is 8.76. The van der Waals surface area contributed by atoms with Gasteiger partial charge < -0.3 is 9.88 Å². The molecule has 0 fully saturated rings. The summed E-state index contributed by atoms with van der Waals surface area (Å²) in [5.74, 6) is -0.909. The van der Waals surface area contributed by atoms with Gasteiger partial charge >= 0.3 is 0 Å². The number of hydrogen-bond donors (Lipinski definition) is 2. The van der Waals surface area contributed by atoms with Gasteiger partial charge in [0, 0.05) is 31.0 Å². The fraction of sp³-hybridized carbons (Fsp3) is 0.0526. The van der Waals surface area contributed by atoms with Crippen LogP contribution in [0.15, 0.2) is 60.0 Å². The summed E-state index contributed by atoms with van der Waals surface area (Å²) in [5, 5.41) is 2.91. The van der Waals surface area contributed by atoms with Crippen molar-refractivity contribution in [1.82, 2.24) is 19.5 Å². The first-order valence-corrected chi connectivity index (χ1v) is 10.6. The molecular weight excluding hydrogens is 447 g/mol. The highest BCUT2D eigenvalue weighted by Gasteiger charge is 2.19. The monoisotopic (exact) mass is 460 g/mol. The van der Waals surface area contributed by atoms with Crippen LogP contribution in [0.4, 0.5) is 16.0 Å². The molecule has 12 heteroatoms. The normalized spacial score (nSPS) is 11.5. The molecule has 1 aromatic carbocycles. The first kappa shape index (κ1) is 20.7. The zero-order chi connectivity index (χ0) is 22.2. The number of aryl methyl sites for hydroxylation is 1. The molecule has 0 saturated heterocycles. The van der Waals surface area contributed by atoms with E-state index in [-0.39, 0.29) is 27.2 Å². The molecule has 3 aromatic heterocycles. The van der Waals surface area contributed by atoms with Crippen LogP contribution in [0.3, 0.4) is 0 Å². The molecule has 0 aliphatic rings. The van der Waals surface area contributed by atoms with Gasteiger partial charge in [0.15, 0.2) is 5.82 Å². The number of halogens is 2. The summed E-state index contributed by atoms with van der Waals surface area (Å²) in [6, 6.07) is 6.85. The highest BCUT2D eigenvalue weighted by Crippen LogP contribution is 2.29. The first-order chi connectivity index (χ1) is 14.8. The molecule has 1 amide bonds. The Balaban J connectivity index is 1.54. The predicted molar refractivity (Wildman–Crippen MR) is 113 cm³/mol. The van der Waals surface area contributed by atoms with Crippen LogP contribution in [-0.2, 0) is 17.1 Å². The van der Waals surface area contributed by atoms with Crippen molar-refractivity contribution in [3.8, 4) is 0 Å². The third-order valence-electron chi connectivity index (χ3n) is 4.44. The van der Waals surface area contributed by atoms with Crippen molar-refractivity contribution in [3.63, 3.8) is 0 Å². The summed E-state index contributed by atoms with van der Waals surface area (Å²) < 4.78 is 42.4. The zero-order valence-electron chi connectivity index (χ0n) is 15.9. The summed E-state index contributed by atoms with van der Waals surface area (Å²) in [6.45, 7) is 0. The van der Waals surface area contributed by atoms with Crippen molar-refractivity contribution in [2.75, 3.05) is 10.0 Å². The number of aromatic nitrogens is 4. The lowest BCUT2D eigenvalue weighted by Crippen LogP contribution is -2.17. The zero-order valence-corrected chi connectivity index (χ0v) is 17.4. The van der Waals surface area contributed by atoms with E-state index in [0.29, 0.717) is 10.9 Å². The topological polar surface area (TPSA) is 119 Å². The van der Waals surface area contributed by atoms with E-state index in [0.717, 1.165) is 6.20 Å². The van der Waals surface area contributed by atoms with Crippen LogP contribution < -0.4 is 10.0 Å². The Kier molecular flexibility index (Phi) is 5.29. The number of sulfonamides is 1. The van der Waals surface area contributed by atoms with Gasteiger partial charge in [-0.2, -0.15) is 0 Å². The molecule has 158 valence electrons. The van der Waals surface area contributed by atoms with Crippen molar-refractivity contribution >= 4 is 50.1 Å². The predicted octanol–water partition coefficient (Wildman–Crippen LogP) is 3.21. The highest BCUT2D eigenvalue weighted by molar-refractivity contribution is 7.92. The van der Waals surface area contributed by atoms with Crippen molar-refractivity contribution in [2.45, 2.75) is 4.90 Å². The standard InChI is InChI=1S/C19H14ClFN6O3S/c1-27-14-4-3-13(21)18(20)12(14)8-15(27)19(28)25-16-5-2-11(9-24-16)31(29,30)26-17-10-22-6-7-23-17/h2-10H,1H3,(H,23,26)(H,24,25,28). The van der Waals surface area contributed by atoms with E-state index in [1.807, 2.05) is 0 Å². The molecule has 2 N–H and O–H groups in total. The van der Waals surface area contributed by atoms with Crippen LogP contribution in [0, 0.1) is 5.82 Å². The maximum atomic E-state index is 13.7. The molecule has 0 saturated carbocycles. The van der Waals surface area contributed by atoms with Crippen molar-refractivity contribution in [1.29, 1.82) is 0 Å². The molecule has 0 spiro atoms. The van der Waals surface area contributed by atoms with E-state index in [4.69, 9.17) is 11.6 Å². The molecule has 0 atom stereocenters. The molecule has 0 aliphatic carbocycles. The number of carbonyl (C=O) groups is 1. The van der Waals surface area contributed by atoms with E-state index >= 15 is 0 Å². The summed E-state index contributed by atoms with van der Waals surface area (Å²) >= 11 is 5.99. The van der Waals surface area contributed by atoms with Crippen molar-refractivity contribution in [2.24, 2.45) is 7.05 Å². The van der Waals surface area contributed by atoms with E-state index in [1.165, 1.54) is 48.9 Å². The Labute approximate surface area is 181 Å². The maximum Gasteiger partial charge on any atom is 0.273 e. The highest BCUT2D eigenvalue weighted by atomic mass is 35.5. The number of amides is 1. The Hall–Kier alpha value is -3.57. The van der Waals surface area contributed by atoms with Crippen LogP contribution in [0.25, 0.3) is 10.9 Å². The van der Waals surface area contributed by atoms with Crippen molar-refractivity contribution in [3.05, 3.63) is 71.7 Å². The summed E-state index contributed by atoms with van der Waals surface area (Å²) in [6.07, 6.45) is 5.13. The molecule has 3 heterocycles. The van der Waals surface area contributed by atoms with Gasteiger partial charge in [0.1, 0.15) is 22.2 Å². The van der Waals surface area contributed by atoms with E-state index in [9.17, 15) is 17.6 Å². The molecule has 31 heavy (non-hydrogen) atoms. The average Bonchev–Trinajstić information content (AvgIpc) is 3.09. The van der Waals surface area contributed by atoms with Crippen molar-refractivity contribution < 1.29 is 17.6 Å². The summed E-state index contributed by atoms with van der Waals surface area (Å²) in [5.41, 5.74) is 0.811. The van der Waals surface area contributed by atoms with E-state index in [1.54, 1.807) is 11.6 Å². The van der Waals surface area contributed by atoms with Crippen LogP contribution in [0.5, 0.6) is 0 Å². The van der Waals surface area contributed by atoms with Crippen LogP contribution >= 0.6 is 11.6 Å². The third kappa shape index (κ3) is 4.05. The average molecular weight is 461 g/mol. The molecule has 4 rings (SSSR count). The van der Waals surface area contributed by atoms with E-state index < -0.39 is 21.7 Å². The fourth-order valence-electron chi connectivity index (χ4n) is 2.91. The Bertz CT molecular complexity index is 1390. The molecule has 0 bridgehead atoms. The van der Waals surface area contributed by atoms with Gasteiger partial charge in [-0.1, -0.05) is 11.6 Å². The smallest absolute Gasteiger partial charge is 0.273 e. The number of hydrogen-bond acceptors (Lipinski definition) is 6. The second kappa shape index (κ2) is 7.93.